The summed E-state index contributed by atoms with van der Waals surface area (Å²) in [6.45, 7) is 1.36. The summed E-state index contributed by atoms with van der Waals surface area (Å²) in [4.78, 5) is 9.31. The lowest BCUT2D eigenvalue weighted by atomic mass is 9.80. The number of benzene rings is 1. The van der Waals surface area contributed by atoms with Gasteiger partial charge in [0, 0.05) is 37.7 Å². The Morgan fingerprint density at radius 2 is 1.84 bits per heavy atom. The van der Waals surface area contributed by atoms with Crippen LogP contribution in [0, 0.1) is 17.7 Å². The molecule has 2 aromatic heterocycles. The highest BCUT2D eigenvalue weighted by Gasteiger charge is 2.22. The van der Waals surface area contributed by atoms with Crippen LogP contribution in [0.25, 0.3) is 11.3 Å². The number of pyridine rings is 2. The van der Waals surface area contributed by atoms with Gasteiger partial charge in [-0.2, -0.15) is 0 Å². The van der Waals surface area contributed by atoms with Crippen LogP contribution in [0.2, 0.25) is 5.02 Å². The van der Waals surface area contributed by atoms with Gasteiger partial charge in [0.2, 0.25) is 0 Å². The van der Waals surface area contributed by atoms with E-state index in [-0.39, 0.29) is 5.82 Å². The standard InChI is InChI=1S/C26H29ClFN3O/c1-32-17-19-10-8-18(9-11-19)13-22-14-23(24(27)16-29-22)25-6-3-7-26(31-25)30-15-20-4-2-5-21(28)12-20/h2-7,12,14,16,18-19H,8-11,13,15,17H2,1H3,(H,30,31). The van der Waals surface area contributed by atoms with E-state index in [9.17, 15) is 4.39 Å². The number of hydrogen-bond donors (Lipinski definition) is 1. The summed E-state index contributed by atoms with van der Waals surface area (Å²) < 4.78 is 18.7. The maximum Gasteiger partial charge on any atom is 0.126 e. The molecular weight excluding hydrogens is 425 g/mol. The van der Waals surface area contributed by atoms with Gasteiger partial charge >= 0.3 is 0 Å². The van der Waals surface area contributed by atoms with Gasteiger partial charge < -0.3 is 10.1 Å². The molecule has 1 aromatic carbocycles. The van der Waals surface area contributed by atoms with Crippen LogP contribution in [-0.4, -0.2) is 23.7 Å². The van der Waals surface area contributed by atoms with E-state index >= 15 is 0 Å². The molecule has 0 saturated heterocycles. The van der Waals surface area contributed by atoms with Gasteiger partial charge in [0.25, 0.3) is 0 Å². The molecule has 168 valence electrons. The first-order chi connectivity index (χ1) is 15.6. The predicted molar refractivity (Wildman–Crippen MR) is 127 cm³/mol. The normalized spacial score (nSPS) is 18.5. The Bertz CT molecular complexity index is 1040. The van der Waals surface area contributed by atoms with Gasteiger partial charge in [0.15, 0.2) is 0 Å². The largest absolute Gasteiger partial charge is 0.384 e. The third-order valence-electron chi connectivity index (χ3n) is 6.17. The number of anilines is 1. The van der Waals surface area contributed by atoms with E-state index in [1.807, 2.05) is 24.3 Å². The van der Waals surface area contributed by atoms with Gasteiger partial charge in [0.1, 0.15) is 11.6 Å². The van der Waals surface area contributed by atoms with Crippen molar-refractivity contribution in [3.63, 3.8) is 0 Å². The van der Waals surface area contributed by atoms with E-state index in [0.29, 0.717) is 23.4 Å². The third kappa shape index (κ3) is 6.05. The van der Waals surface area contributed by atoms with Crippen molar-refractivity contribution in [2.75, 3.05) is 19.0 Å². The molecule has 32 heavy (non-hydrogen) atoms. The number of aromatic nitrogens is 2. The average Bonchev–Trinajstić information content (AvgIpc) is 2.81. The average molecular weight is 454 g/mol. The van der Waals surface area contributed by atoms with Crippen molar-refractivity contribution in [1.82, 2.24) is 9.97 Å². The fourth-order valence-electron chi connectivity index (χ4n) is 4.45. The highest BCUT2D eigenvalue weighted by atomic mass is 35.5. The van der Waals surface area contributed by atoms with Crippen molar-refractivity contribution < 1.29 is 9.13 Å². The van der Waals surface area contributed by atoms with E-state index in [1.54, 1.807) is 19.4 Å². The van der Waals surface area contributed by atoms with Crippen LogP contribution in [0.5, 0.6) is 0 Å². The van der Waals surface area contributed by atoms with Crippen LogP contribution in [-0.2, 0) is 17.7 Å². The monoisotopic (exact) mass is 453 g/mol. The number of ether oxygens (including phenoxy) is 1. The van der Waals surface area contributed by atoms with E-state index in [1.165, 1.54) is 37.8 Å². The quantitative estimate of drug-likeness (QED) is 0.420. The first kappa shape index (κ1) is 22.7. The number of hydrogen-bond acceptors (Lipinski definition) is 4. The zero-order chi connectivity index (χ0) is 22.3. The molecule has 0 unspecified atom stereocenters. The predicted octanol–water partition coefficient (Wildman–Crippen LogP) is 6.54. The molecule has 4 nitrogen and oxygen atoms in total. The molecule has 3 aromatic rings. The topological polar surface area (TPSA) is 47.0 Å². The fraction of sp³-hybridized carbons (Fsp3) is 0.385. The minimum absolute atomic E-state index is 0.241. The maximum atomic E-state index is 13.4. The molecular formula is C26H29ClFN3O. The number of halogens is 2. The van der Waals surface area contributed by atoms with Gasteiger partial charge in [-0.15, -0.1) is 0 Å². The molecule has 4 rings (SSSR count). The van der Waals surface area contributed by atoms with Crippen LogP contribution in [0.3, 0.4) is 0 Å². The number of nitrogens with one attached hydrogen (secondary N) is 1. The number of rotatable bonds is 8. The Morgan fingerprint density at radius 3 is 2.62 bits per heavy atom. The molecule has 6 heteroatoms. The van der Waals surface area contributed by atoms with Crippen molar-refractivity contribution in [2.45, 2.75) is 38.6 Å². The second-order valence-corrected chi connectivity index (χ2v) is 9.00. The Kier molecular flexibility index (Phi) is 7.72. The lowest BCUT2D eigenvalue weighted by molar-refractivity contribution is 0.119. The first-order valence-electron chi connectivity index (χ1n) is 11.2. The zero-order valence-corrected chi connectivity index (χ0v) is 19.1. The number of nitrogens with zero attached hydrogens (tertiary/aromatic N) is 2. The third-order valence-corrected chi connectivity index (χ3v) is 6.47. The van der Waals surface area contributed by atoms with E-state index < -0.39 is 0 Å². The van der Waals surface area contributed by atoms with E-state index in [0.717, 1.165) is 41.4 Å². The van der Waals surface area contributed by atoms with E-state index in [4.69, 9.17) is 21.3 Å². The smallest absolute Gasteiger partial charge is 0.126 e. The molecule has 1 N–H and O–H groups in total. The Hall–Kier alpha value is -2.50. The SMILES string of the molecule is COCC1CCC(Cc2cc(-c3cccc(NCc4cccc(F)c4)n3)c(Cl)cn2)CC1. The van der Waals surface area contributed by atoms with Crippen LogP contribution in [0.1, 0.15) is 36.9 Å². The fourth-order valence-corrected chi connectivity index (χ4v) is 4.65. The molecule has 0 bridgehead atoms. The van der Waals surface area contributed by atoms with E-state index in [2.05, 4.69) is 16.4 Å². The lowest BCUT2D eigenvalue weighted by Gasteiger charge is -2.27. The van der Waals surface area contributed by atoms with Crippen molar-refractivity contribution >= 4 is 17.4 Å². The Balaban J connectivity index is 1.43. The van der Waals surface area contributed by atoms with Gasteiger partial charge in [-0.05, 0) is 79.8 Å². The molecule has 1 fully saturated rings. The minimum Gasteiger partial charge on any atom is -0.384 e. The van der Waals surface area contributed by atoms with Gasteiger partial charge in [0.05, 0.1) is 10.7 Å². The summed E-state index contributed by atoms with van der Waals surface area (Å²) in [5.74, 6) is 1.82. The summed E-state index contributed by atoms with van der Waals surface area (Å²) in [6, 6.07) is 14.4. The molecule has 0 amide bonds. The van der Waals surface area contributed by atoms with Crippen LogP contribution in [0.15, 0.2) is 54.7 Å². The molecule has 1 saturated carbocycles. The first-order valence-corrected chi connectivity index (χ1v) is 11.6. The minimum atomic E-state index is -0.241. The second kappa shape index (κ2) is 10.9. The Labute approximate surface area is 194 Å². The molecule has 1 aliphatic carbocycles. The molecule has 1 aliphatic rings. The molecule has 0 aliphatic heterocycles. The van der Waals surface area contributed by atoms with Crippen LogP contribution in [0.4, 0.5) is 10.2 Å². The Morgan fingerprint density at radius 1 is 1.06 bits per heavy atom. The van der Waals surface area contributed by atoms with Crippen LogP contribution < -0.4 is 5.32 Å². The van der Waals surface area contributed by atoms with Crippen molar-refractivity contribution in [3.05, 3.63) is 76.8 Å². The summed E-state index contributed by atoms with van der Waals surface area (Å²) in [7, 11) is 1.78. The summed E-state index contributed by atoms with van der Waals surface area (Å²) in [6.07, 6.45) is 7.56. The van der Waals surface area contributed by atoms with Gasteiger partial charge in [-0.3, -0.25) is 4.98 Å². The molecule has 2 heterocycles. The maximum absolute atomic E-state index is 13.4. The second-order valence-electron chi connectivity index (χ2n) is 8.59. The van der Waals surface area contributed by atoms with Gasteiger partial charge in [-0.25, -0.2) is 9.37 Å². The lowest BCUT2D eigenvalue weighted by Crippen LogP contribution is -2.19. The highest BCUT2D eigenvalue weighted by Crippen LogP contribution is 2.33. The molecule has 0 radical (unpaired) electrons. The van der Waals surface area contributed by atoms with Crippen molar-refractivity contribution in [3.8, 4) is 11.3 Å². The van der Waals surface area contributed by atoms with Crippen molar-refractivity contribution in [2.24, 2.45) is 11.8 Å². The zero-order valence-electron chi connectivity index (χ0n) is 18.4. The summed E-state index contributed by atoms with van der Waals surface area (Å²) >= 11 is 6.49. The van der Waals surface area contributed by atoms with Crippen molar-refractivity contribution in [1.29, 1.82) is 0 Å². The summed E-state index contributed by atoms with van der Waals surface area (Å²) in [5, 5.41) is 3.86. The molecule has 0 spiro atoms. The molecule has 0 atom stereocenters. The number of methoxy groups -OCH3 is 1. The summed E-state index contributed by atoms with van der Waals surface area (Å²) in [5.41, 5.74) is 3.60. The van der Waals surface area contributed by atoms with Gasteiger partial charge in [-0.1, -0.05) is 29.8 Å². The highest BCUT2D eigenvalue weighted by molar-refractivity contribution is 6.33. The van der Waals surface area contributed by atoms with Crippen LogP contribution >= 0.6 is 11.6 Å².